The van der Waals surface area contributed by atoms with Crippen molar-refractivity contribution in [1.82, 2.24) is 18.9 Å². The monoisotopic (exact) mass is 531 g/mol. The number of alkyl halides is 2. The first kappa shape index (κ1) is 24.8. The van der Waals surface area contributed by atoms with E-state index in [-0.39, 0.29) is 42.2 Å². The van der Waals surface area contributed by atoms with Crippen LogP contribution in [0.5, 0.6) is 0 Å². The summed E-state index contributed by atoms with van der Waals surface area (Å²) in [6.07, 6.45) is -2.16. The zero-order valence-corrected chi connectivity index (χ0v) is 19.5. The van der Waals surface area contributed by atoms with Gasteiger partial charge in [0, 0.05) is 25.6 Å². The quantitative estimate of drug-likeness (QED) is 0.455. The van der Waals surface area contributed by atoms with E-state index in [2.05, 4.69) is 15.4 Å². The molecule has 8 nitrogen and oxygen atoms in total. The van der Waals surface area contributed by atoms with Gasteiger partial charge < -0.3 is 10.4 Å². The Kier molecular flexibility index (Phi) is 6.37. The number of aliphatic hydroxyl groups is 1. The number of benzene rings is 1. The van der Waals surface area contributed by atoms with Crippen molar-refractivity contribution in [1.29, 1.82) is 0 Å². The number of nitrogens with one attached hydrogen (secondary N) is 1. The molecular weight excluding hydrogens is 509 g/mol. The lowest BCUT2D eigenvalue weighted by molar-refractivity contribution is 0.0946. The fourth-order valence-corrected chi connectivity index (χ4v) is 6.28. The first-order valence-corrected chi connectivity index (χ1v) is 12.8. The highest BCUT2D eigenvalue weighted by Gasteiger charge is 2.43. The maximum Gasteiger partial charge on any atom is 0.242 e. The molecule has 194 valence electrons. The van der Waals surface area contributed by atoms with Crippen molar-refractivity contribution in [2.45, 2.75) is 49.5 Å². The van der Waals surface area contributed by atoms with Gasteiger partial charge in [-0.15, -0.1) is 5.10 Å². The fourth-order valence-electron chi connectivity index (χ4n) is 4.41. The Balaban J connectivity index is 1.41. The molecule has 1 saturated heterocycles. The molecule has 0 unspecified atom stereocenters. The van der Waals surface area contributed by atoms with Gasteiger partial charge in [-0.2, -0.15) is 4.31 Å². The molecule has 0 amide bonds. The zero-order valence-electron chi connectivity index (χ0n) is 18.7. The largest absolute Gasteiger partial charge is 0.390 e. The summed E-state index contributed by atoms with van der Waals surface area (Å²) in [5, 5.41) is 17.1. The minimum atomic E-state index is -3.44. The van der Waals surface area contributed by atoms with Crippen molar-refractivity contribution in [3.8, 4) is 11.3 Å². The highest BCUT2D eigenvalue weighted by atomic mass is 32.2. The third-order valence-corrected chi connectivity index (χ3v) is 8.75. The van der Waals surface area contributed by atoms with Crippen molar-refractivity contribution >= 4 is 21.5 Å². The predicted molar refractivity (Wildman–Crippen MR) is 120 cm³/mol. The Bertz CT molecular complexity index is 1390. The molecule has 2 N–H and O–H groups in total. The highest BCUT2D eigenvalue weighted by Crippen LogP contribution is 2.33. The van der Waals surface area contributed by atoms with Crippen LogP contribution in [0.25, 0.3) is 16.8 Å². The molecule has 0 bridgehead atoms. The van der Waals surface area contributed by atoms with Crippen LogP contribution in [0.2, 0.25) is 0 Å². The molecule has 14 heteroatoms. The van der Waals surface area contributed by atoms with E-state index in [0.717, 1.165) is 28.9 Å². The van der Waals surface area contributed by atoms with Crippen LogP contribution in [0.3, 0.4) is 0 Å². The van der Waals surface area contributed by atoms with E-state index in [1.54, 1.807) is 0 Å². The second kappa shape index (κ2) is 9.23. The van der Waals surface area contributed by atoms with E-state index in [9.17, 15) is 35.5 Å². The van der Waals surface area contributed by atoms with Crippen LogP contribution < -0.4 is 5.32 Å². The molecule has 0 radical (unpaired) electrons. The molecule has 2 aliphatic rings. The number of anilines is 1. The highest BCUT2D eigenvalue weighted by molar-refractivity contribution is 7.90. The van der Waals surface area contributed by atoms with E-state index >= 15 is 0 Å². The number of rotatable bonds is 7. The van der Waals surface area contributed by atoms with E-state index in [0.29, 0.717) is 12.8 Å². The van der Waals surface area contributed by atoms with Crippen molar-refractivity contribution in [3.05, 3.63) is 47.4 Å². The van der Waals surface area contributed by atoms with E-state index in [1.807, 2.05) is 0 Å². The summed E-state index contributed by atoms with van der Waals surface area (Å²) in [5.41, 5.74) is -1.37. The van der Waals surface area contributed by atoms with E-state index < -0.39 is 63.3 Å². The molecule has 3 aromatic rings. The number of halogens is 5. The normalized spacial score (nSPS) is 21.4. The average Bonchev–Trinajstić information content (AvgIpc) is 3.60. The number of piperidine rings is 1. The number of hydrogen-bond donors (Lipinski definition) is 2. The van der Waals surface area contributed by atoms with Gasteiger partial charge in [0.05, 0.1) is 34.8 Å². The summed E-state index contributed by atoms with van der Waals surface area (Å²) in [6.45, 7) is 0.0735. The minimum Gasteiger partial charge on any atom is -0.390 e. The Morgan fingerprint density at radius 3 is 2.39 bits per heavy atom. The summed E-state index contributed by atoms with van der Waals surface area (Å²) in [7, 11) is -3.44. The lowest BCUT2D eigenvalue weighted by Crippen LogP contribution is -2.52. The molecule has 36 heavy (non-hydrogen) atoms. The second-order valence-electron chi connectivity index (χ2n) is 9.00. The zero-order chi connectivity index (χ0) is 25.8. The summed E-state index contributed by atoms with van der Waals surface area (Å²) in [4.78, 5) is 4.00. The van der Waals surface area contributed by atoms with Crippen LogP contribution in [-0.2, 0) is 16.4 Å². The number of fused-ring (bicyclic) bond motifs is 1. The fraction of sp³-hybridized carbons (Fsp3) is 0.455. The number of nitrogens with zero attached hydrogens (tertiary/aromatic N) is 4. The van der Waals surface area contributed by atoms with Gasteiger partial charge in [0.25, 0.3) is 0 Å². The molecule has 2 fully saturated rings. The standard InChI is InChI=1S/C22H22F5N5O3S/c23-13-8-17(21-14(24)5-11(6-15(21)25)7-20(26)27)32-18(13)9-28-22(30-32)29-16-3-4-31(10-19(16)33)36(34,35)12-1-2-12/h5-6,8-9,12,16,19-20,33H,1-4,7,10H2,(H,29,30)/t16-,19-/m1/s1. The number of sulfonamides is 1. The van der Waals surface area contributed by atoms with Gasteiger partial charge in [-0.1, -0.05) is 0 Å². The molecule has 5 rings (SSSR count). The Morgan fingerprint density at radius 1 is 1.08 bits per heavy atom. The Labute approximate surface area is 202 Å². The van der Waals surface area contributed by atoms with Gasteiger partial charge in [-0.05, 0) is 37.0 Å². The van der Waals surface area contributed by atoms with Crippen LogP contribution in [0.15, 0.2) is 24.4 Å². The molecule has 0 spiro atoms. The van der Waals surface area contributed by atoms with Crippen LogP contribution >= 0.6 is 0 Å². The van der Waals surface area contributed by atoms with Crippen molar-refractivity contribution in [3.63, 3.8) is 0 Å². The minimum absolute atomic E-state index is 0.0861. The lowest BCUT2D eigenvalue weighted by atomic mass is 10.0. The maximum atomic E-state index is 14.7. The third-order valence-electron chi connectivity index (χ3n) is 6.38. The predicted octanol–water partition coefficient (Wildman–Crippen LogP) is 2.96. The van der Waals surface area contributed by atoms with Gasteiger partial charge in [0.2, 0.25) is 22.4 Å². The first-order chi connectivity index (χ1) is 17.0. The van der Waals surface area contributed by atoms with Gasteiger partial charge >= 0.3 is 0 Å². The van der Waals surface area contributed by atoms with Gasteiger partial charge in [-0.3, -0.25) is 0 Å². The molecule has 1 aliphatic carbocycles. The summed E-state index contributed by atoms with van der Waals surface area (Å²) >= 11 is 0. The van der Waals surface area contributed by atoms with Crippen molar-refractivity contribution < 1.29 is 35.5 Å². The van der Waals surface area contributed by atoms with E-state index in [1.165, 1.54) is 4.31 Å². The summed E-state index contributed by atoms with van der Waals surface area (Å²) in [6, 6.07) is 1.77. The molecule has 3 heterocycles. The number of aromatic nitrogens is 3. The number of aliphatic hydroxyl groups excluding tert-OH is 1. The maximum absolute atomic E-state index is 14.7. The topological polar surface area (TPSA) is 99.8 Å². The molecule has 1 saturated carbocycles. The number of hydrogen-bond acceptors (Lipinski definition) is 6. The molecule has 1 aliphatic heterocycles. The molecule has 2 aromatic heterocycles. The second-order valence-corrected chi connectivity index (χ2v) is 11.2. The van der Waals surface area contributed by atoms with Gasteiger partial charge in [-0.25, -0.2) is 39.9 Å². The summed E-state index contributed by atoms with van der Waals surface area (Å²) in [5.74, 6) is -3.25. The van der Waals surface area contributed by atoms with Crippen LogP contribution in [0.1, 0.15) is 24.8 Å². The molecular formula is C22H22F5N5O3S. The first-order valence-electron chi connectivity index (χ1n) is 11.3. The lowest BCUT2D eigenvalue weighted by Gasteiger charge is -2.35. The molecule has 2 atom stereocenters. The third kappa shape index (κ3) is 4.64. The average molecular weight is 532 g/mol. The van der Waals surface area contributed by atoms with E-state index in [4.69, 9.17) is 0 Å². The molecule has 1 aromatic carbocycles. The van der Waals surface area contributed by atoms with Gasteiger partial charge in [0.1, 0.15) is 17.2 Å². The van der Waals surface area contributed by atoms with Crippen LogP contribution in [0.4, 0.5) is 27.9 Å². The SMILES string of the molecule is O=S(=O)(C1CC1)N1CC[C@@H](Nc2ncc3c(F)cc(-c4c(F)cc(CC(F)F)cc4F)n3n2)[C@H](O)C1. The smallest absolute Gasteiger partial charge is 0.242 e. The summed E-state index contributed by atoms with van der Waals surface area (Å²) < 4.78 is 96.3. The van der Waals surface area contributed by atoms with Crippen LogP contribution in [0, 0.1) is 17.5 Å². The van der Waals surface area contributed by atoms with Crippen LogP contribution in [-0.4, -0.2) is 69.3 Å². The van der Waals surface area contributed by atoms with Crippen molar-refractivity contribution in [2.75, 3.05) is 18.4 Å². The number of β-amino-alcohol motifs (C(OH)–C–C–N with tert-alkyl or cyclic N) is 1. The Hall–Kier alpha value is -2.84. The van der Waals surface area contributed by atoms with Gasteiger partial charge in [0.15, 0.2) is 5.82 Å². The Morgan fingerprint density at radius 2 is 1.78 bits per heavy atom. The van der Waals surface area contributed by atoms with Crippen molar-refractivity contribution in [2.24, 2.45) is 0 Å².